The largest absolute Gasteiger partial charge is 0.343 e. The van der Waals surface area contributed by atoms with Gasteiger partial charge in [0.05, 0.1) is 0 Å². The van der Waals surface area contributed by atoms with E-state index in [4.69, 9.17) is 9.47 Å². The summed E-state index contributed by atoms with van der Waals surface area (Å²) < 4.78 is 9.73. The first kappa shape index (κ1) is 12.5. The van der Waals surface area contributed by atoms with E-state index < -0.39 is 0 Å². The fourth-order valence-corrected chi connectivity index (χ4v) is 0.518. The number of hydrogen-bond donors (Lipinski definition) is 0. The number of nitrogens with zero attached hydrogens (tertiary/aromatic N) is 1. The molecule has 0 aromatic heterocycles. The fraction of sp³-hybridized carbons (Fsp3) is 1.00. The molecule has 0 aromatic rings. The van der Waals surface area contributed by atoms with Gasteiger partial charge >= 0.3 is 0 Å². The van der Waals surface area contributed by atoms with E-state index >= 15 is 0 Å². The molecule has 0 aliphatic rings. The Kier molecular flexibility index (Phi) is 11.1. The molecular formula is C7H19NO2. The number of hydrogen-bond acceptors (Lipinski definition) is 3. The first-order chi connectivity index (χ1) is 4.72. The van der Waals surface area contributed by atoms with Gasteiger partial charge in [-0.15, -0.1) is 0 Å². The van der Waals surface area contributed by atoms with Gasteiger partial charge in [0.25, 0.3) is 0 Å². The second-order valence-corrected chi connectivity index (χ2v) is 1.74. The van der Waals surface area contributed by atoms with Crippen molar-refractivity contribution in [3.63, 3.8) is 0 Å². The van der Waals surface area contributed by atoms with Crippen LogP contribution in [0.1, 0.15) is 13.8 Å². The van der Waals surface area contributed by atoms with Gasteiger partial charge in [-0.1, -0.05) is 13.8 Å². The lowest BCUT2D eigenvalue weighted by Gasteiger charge is -2.19. The van der Waals surface area contributed by atoms with Crippen molar-refractivity contribution >= 4 is 0 Å². The van der Waals surface area contributed by atoms with Gasteiger partial charge in [0.2, 0.25) is 6.41 Å². The zero-order valence-corrected chi connectivity index (χ0v) is 7.84. The van der Waals surface area contributed by atoms with Gasteiger partial charge in [-0.3, -0.25) is 4.90 Å². The molecule has 0 aliphatic carbocycles. The summed E-state index contributed by atoms with van der Waals surface area (Å²) in [5, 5.41) is 0. The highest BCUT2D eigenvalue weighted by Gasteiger charge is 2.04. The second-order valence-electron chi connectivity index (χ2n) is 1.74. The molecular weight excluding hydrogens is 130 g/mol. The predicted molar refractivity (Wildman–Crippen MR) is 42.8 cm³/mol. The van der Waals surface area contributed by atoms with Crippen molar-refractivity contribution in [1.29, 1.82) is 0 Å². The normalized spacial score (nSPS) is 9.60. The highest BCUT2D eigenvalue weighted by atomic mass is 16.7. The molecule has 0 N–H and O–H groups in total. The van der Waals surface area contributed by atoms with Gasteiger partial charge in [-0.25, -0.2) is 0 Å². The summed E-state index contributed by atoms with van der Waals surface area (Å²) in [5.74, 6) is 0. The molecule has 0 amide bonds. The Bertz CT molecular complexity index is 53.6. The number of methoxy groups -OCH3 is 2. The van der Waals surface area contributed by atoms with Crippen molar-refractivity contribution in [2.45, 2.75) is 20.3 Å². The standard InChI is InChI=1S/C5H13NO2.C2H6/c1-6(2)5(7-3)8-4;1-2/h5H,1-4H3;1-2H3. The summed E-state index contributed by atoms with van der Waals surface area (Å²) in [6, 6.07) is 0. The maximum atomic E-state index is 4.86. The third-order valence-corrected chi connectivity index (χ3v) is 0.825. The zero-order chi connectivity index (χ0) is 8.57. The summed E-state index contributed by atoms with van der Waals surface area (Å²) in [4.78, 5) is 1.83. The van der Waals surface area contributed by atoms with Crippen molar-refractivity contribution in [2.75, 3.05) is 28.3 Å². The van der Waals surface area contributed by atoms with Crippen LogP contribution in [0.4, 0.5) is 0 Å². The van der Waals surface area contributed by atoms with Crippen LogP contribution in [-0.2, 0) is 9.47 Å². The van der Waals surface area contributed by atoms with E-state index in [1.807, 2.05) is 32.8 Å². The van der Waals surface area contributed by atoms with Crippen molar-refractivity contribution in [3.05, 3.63) is 0 Å². The Balaban J connectivity index is 0. The summed E-state index contributed by atoms with van der Waals surface area (Å²) >= 11 is 0. The lowest BCUT2D eigenvalue weighted by atomic mass is 10.9. The number of rotatable bonds is 3. The van der Waals surface area contributed by atoms with Crippen LogP contribution < -0.4 is 0 Å². The minimum absolute atomic E-state index is 0.213. The molecule has 0 saturated heterocycles. The molecule has 3 nitrogen and oxygen atoms in total. The molecule has 0 radical (unpaired) electrons. The van der Waals surface area contributed by atoms with Crippen LogP contribution in [0.3, 0.4) is 0 Å². The van der Waals surface area contributed by atoms with E-state index in [0.717, 1.165) is 0 Å². The van der Waals surface area contributed by atoms with E-state index in [2.05, 4.69) is 0 Å². The van der Waals surface area contributed by atoms with Crippen molar-refractivity contribution in [3.8, 4) is 0 Å². The SMILES string of the molecule is CC.COC(OC)N(C)C. The maximum absolute atomic E-state index is 4.86. The first-order valence-corrected chi connectivity index (χ1v) is 3.44. The van der Waals surface area contributed by atoms with Gasteiger partial charge in [0.15, 0.2) is 0 Å². The smallest absolute Gasteiger partial charge is 0.217 e. The average Bonchev–Trinajstić information content (AvgIpc) is 1.94. The summed E-state index contributed by atoms with van der Waals surface area (Å²) in [6.07, 6.45) is -0.213. The highest BCUT2D eigenvalue weighted by Crippen LogP contribution is 1.91. The fourth-order valence-electron chi connectivity index (χ4n) is 0.518. The summed E-state index contributed by atoms with van der Waals surface area (Å²) in [5.41, 5.74) is 0. The average molecular weight is 149 g/mol. The predicted octanol–water partition coefficient (Wildman–Crippen LogP) is 1.15. The van der Waals surface area contributed by atoms with Crippen molar-refractivity contribution in [1.82, 2.24) is 4.90 Å². The van der Waals surface area contributed by atoms with Crippen LogP contribution >= 0.6 is 0 Å². The van der Waals surface area contributed by atoms with Crippen LogP contribution in [0, 0.1) is 0 Å². The molecule has 0 aliphatic heterocycles. The molecule has 0 unspecified atom stereocenters. The molecule has 0 atom stereocenters. The lowest BCUT2D eigenvalue weighted by Crippen LogP contribution is -2.30. The molecule has 0 spiro atoms. The van der Waals surface area contributed by atoms with Crippen LogP contribution in [0.15, 0.2) is 0 Å². The molecule has 0 rings (SSSR count). The van der Waals surface area contributed by atoms with Crippen LogP contribution in [0.25, 0.3) is 0 Å². The minimum Gasteiger partial charge on any atom is -0.343 e. The number of ether oxygens (including phenoxy) is 2. The molecule has 3 heteroatoms. The van der Waals surface area contributed by atoms with Crippen LogP contribution in [0.5, 0.6) is 0 Å². The van der Waals surface area contributed by atoms with Crippen molar-refractivity contribution < 1.29 is 9.47 Å². The third-order valence-electron chi connectivity index (χ3n) is 0.825. The van der Waals surface area contributed by atoms with Gasteiger partial charge in [-0.2, -0.15) is 0 Å². The molecule has 0 fully saturated rings. The molecule has 0 heterocycles. The van der Waals surface area contributed by atoms with Gasteiger partial charge in [0.1, 0.15) is 0 Å². The lowest BCUT2D eigenvalue weighted by molar-refractivity contribution is -0.179. The van der Waals surface area contributed by atoms with Crippen LogP contribution in [-0.4, -0.2) is 39.6 Å². The third kappa shape index (κ3) is 6.01. The molecule has 64 valence electrons. The zero-order valence-electron chi connectivity index (χ0n) is 7.84. The second kappa shape index (κ2) is 8.88. The minimum atomic E-state index is -0.213. The Morgan fingerprint density at radius 3 is 1.30 bits per heavy atom. The van der Waals surface area contributed by atoms with Crippen LogP contribution in [0.2, 0.25) is 0 Å². The van der Waals surface area contributed by atoms with Gasteiger partial charge in [-0.05, 0) is 14.1 Å². The molecule has 0 saturated carbocycles. The van der Waals surface area contributed by atoms with E-state index in [1.165, 1.54) is 0 Å². The topological polar surface area (TPSA) is 21.7 Å². The summed E-state index contributed by atoms with van der Waals surface area (Å²) in [6.45, 7) is 4.00. The van der Waals surface area contributed by atoms with E-state index in [9.17, 15) is 0 Å². The Hall–Kier alpha value is -0.120. The van der Waals surface area contributed by atoms with E-state index in [1.54, 1.807) is 14.2 Å². The van der Waals surface area contributed by atoms with Gasteiger partial charge < -0.3 is 9.47 Å². The highest BCUT2D eigenvalue weighted by molar-refractivity contribution is 4.33. The molecule has 0 aromatic carbocycles. The maximum Gasteiger partial charge on any atom is 0.217 e. The Labute approximate surface area is 63.9 Å². The van der Waals surface area contributed by atoms with E-state index in [-0.39, 0.29) is 6.41 Å². The Morgan fingerprint density at radius 2 is 1.30 bits per heavy atom. The van der Waals surface area contributed by atoms with E-state index in [0.29, 0.717) is 0 Å². The Morgan fingerprint density at radius 1 is 1.00 bits per heavy atom. The first-order valence-electron chi connectivity index (χ1n) is 3.44. The molecule has 0 bridgehead atoms. The quantitative estimate of drug-likeness (QED) is 0.562. The van der Waals surface area contributed by atoms with Gasteiger partial charge in [0, 0.05) is 14.2 Å². The molecule has 10 heavy (non-hydrogen) atoms. The van der Waals surface area contributed by atoms with Crippen molar-refractivity contribution in [2.24, 2.45) is 0 Å². The summed E-state index contributed by atoms with van der Waals surface area (Å²) in [7, 11) is 6.98. The monoisotopic (exact) mass is 149 g/mol.